The van der Waals surface area contributed by atoms with Gasteiger partial charge in [0.1, 0.15) is 17.3 Å². The molecule has 1 heterocycles. The Hall–Kier alpha value is -2.89. The van der Waals surface area contributed by atoms with Crippen LogP contribution in [0.25, 0.3) is 6.08 Å². The Morgan fingerprint density at radius 3 is 2.68 bits per heavy atom. The van der Waals surface area contributed by atoms with Crippen molar-refractivity contribution < 1.29 is 27.5 Å². The molecule has 168 valence electrons. The molecule has 1 aromatic heterocycles. The number of sulfonamides is 1. The fourth-order valence-corrected chi connectivity index (χ4v) is 4.21. The molecule has 0 saturated heterocycles. The average Bonchev–Trinajstić information content (AvgIpc) is 3.26. The van der Waals surface area contributed by atoms with Crippen molar-refractivity contribution in [2.75, 3.05) is 33.9 Å². The normalized spacial score (nSPS) is 11.3. The summed E-state index contributed by atoms with van der Waals surface area (Å²) in [5, 5.41) is 6.88. The lowest BCUT2D eigenvalue weighted by molar-refractivity contribution is -0.116. The molecule has 9 nitrogen and oxygen atoms in total. The van der Waals surface area contributed by atoms with Gasteiger partial charge in [-0.3, -0.25) is 4.79 Å². The van der Waals surface area contributed by atoms with Gasteiger partial charge in [0.15, 0.2) is 0 Å². The van der Waals surface area contributed by atoms with Gasteiger partial charge in [0.2, 0.25) is 5.91 Å². The number of nitrogens with one attached hydrogen (secondary N) is 3. The maximum Gasteiger partial charge on any atom is 0.328 e. The molecule has 0 atom stereocenters. The second-order valence-electron chi connectivity index (χ2n) is 6.20. The summed E-state index contributed by atoms with van der Waals surface area (Å²) in [5.41, 5.74) is 0.652. The van der Waals surface area contributed by atoms with E-state index < -0.39 is 16.1 Å². The lowest BCUT2D eigenvalue weighted by atomic mass is 10.1. The van der Waals surface area contributed by atoms with Gasteiger partial charge in [-0.05, 0) is 41.6 Å². The van der Waals surface area contributed by atoms with E-state index in [2.05, 4.69) is 10.6 Å². The molecule has 0 aliphatic rings. The summed E-state index contributed by atoms with van der Waals surface area (Å²) in [6, 6.07) is 7.57. The van der Waals surface area contributed by atoms with E-state index in [1.54, 1.807) is 12.1 Å². The molecule has 0 spiro atoms. The maximum atomic E-state index is 12.6. The summed E-state index contributed by atoms with van der Waals surface area (Å²) in [6.45, 7) is 0.722. The van der Waals surface area contributed by atoms with Gasteiger partial charge in [0.25, 0.3) is 10.0 Å². The zero-order valence-electron chi connectivity index (χ0n) is 17.2. The Bertz CT molecular complexity index is 1000. The van der Waals surface area contributed by atoms with Gasteiger partial charge >= 0.3 is 6.03 Å². The zero-order chi connectivity index (χ0) is 22.7. The minimum atomic E-state index is -4.16. The van der Waals surface area contributed by atoms with E-state index in [0.717, 1.165) is 4.88 Å². The van der Waals surface area contributed by atoms with Gasteiger partial charge in [-0.2, -0.15) is 0 Å². The van der Waals surface area contributed by atoms with Gasteiger partial charge in [-0.1, -0.05) is 12.1 Å². The van der Waals surface area contributed by atoms with Crippen molar-refractivity contribution in [3.8, 4) is 5.75 Å². The predicted octanol–water partition coefficient (Wildman–Crippen LogP) is 1.76. The van der Waals surface area contributed by atoms with Crippen molar-refractivity contribution >= 4 is 39.4 Å². The summed E-state index contributed by atoms with van der Waals surface area (Å²) in [4.78, 5) is 24.3. The van der Waals surface area contributed by atoms with Crippen LogP contribution in [-0.4, -0.2) is 54.3 Å². The lowest BCUT2D eigenvalue weighted by Crippen LogP contribution is -2.37. The fourth-order valence-electron chi connectivity index (χ4n) is 2.43. The smallest absolute Gasteiger partial charge is 0.328 e. The van der Waals surface area contributed by atoms with E-state index in [4.69, 9.17) is 9.47 Å². The van der Waals surface area contributed by atoms with Crippen LogP contribution in [0.15, 0.2) is 46.7 Å². The molecule has 2 rings (SSSR count). The zero-order valence-corrected chi connectivity index (χ0v) is 18.8. The van der Waals surface area contributed by atoms with Crippen molar-refractivity contribution in [1.29, 1.82) is 0 Å². The summed E-state index contributed by atoms with van der Waals surface area (Å²) in [5.74, 6) is -0.151. The topological polar surface area (TPSA) is 123 Å². The second-order valence-corrected chi connectivity index (χ2v) is 8.83. The average molecular weight is 468 g/mol. The van der Waals surface area contributed by atoms with Crippen LogP contribution in [0, 0.1) is 0 Å². The molecule has 31 heavy (non-hydrogen) atoms. The lowest BCUT2D eigenvalue weighted by Gasteiger charge is -2.14. The van der Waals surface area contributed by atoms with Crippen LogP contribution in [-0.2, 0) is 26.0 Å². The molecule has 3 N–H and O–H groups in total. The molecule has 0 bridgehead atoms. The Labute approximate surface area is 185 Å². The molecule has 2 aromatic rings. The first-order chi connectivity index (χ1) is 14.9. The summed E-state index contributed by atoms with van der Waals surface area (Å²) in [6.07, 6.45) is 3.56. The van der Waals surface area contributed by atoms with Gasteiger partial charge in [0, 0.05) is 31.7 Å². The van der Waals surface area contributed by atoms with Crippen LogP contribution < -0.4 is 20.1 Å². The van der Waals surface area contributed by atoms with Crippen molar-refractivity contribution in [3.63, 3.8) is 0 Å². The van der Waals surface area contributed by atoms with Gasteiger partial charge in [-0.25, -0.2) is 17.9 Å². The quantitative estimate of drug-likeness (QED) is 0.342. The molecule has 0 unspecified atom stereocenters. The largest absolute Gasteiger partial charge is 0.490 e. The van der Waals surface area contributed by atoms with Gasteiger partial charge < -0.3 is 20.1 Å². The Morgan fingerprint density at radius 1 is 1.19 bits per heavy atom. The molecular weight excluding hydrogens is 442 g/mol. The van der Waals surface area contributed by atoms with Crippen LogP contribution in [0.2, 0.25) is 0 Å². The van der Waals surface area contributed by atoms with E-state index in [1.807, 2.05) is 22.2 Å². The standard InChI is InChI=1S/C20H25N3O6S2/c1-21-20(25)23-31(26,27)18-14-15(5-7-17(18)29-12-11-28-2)9-10-22-19(24)8-6-16-4-3-13-30-16/h3-8,13-14H,9-12H2,1-2H3,(H,22,24)(H2,21,23,25). The predicted molar refractivity (Wildman–Crippen MR) is 119 cm³/mol. The van der Waals surface area contributed by atoms with E-state index >= 15 is 0 Å². The SMILES string of the molecule is CNC(=O)NS(=O)(=O)c1cc(CCNC(=O)C=Cc2cccs2)ccc1OCCOC. The number of hydrogen-bond donors (Lipinski definition) is 3. The van der Waals surface area contributed by atoms with Crippen molar-refractivity contribution in [1.82, 2.24) is 15.4 Å². The van der Waals surface area contributed by atoms with Gasteiger partial charge in [-0.15, -0.1) is 11.3 Å². The molecule has 0 aliphatic carbocycles. The Balaban J connectivity index is 2.07. The number of urea groups is 1. The van der Waals surface area contributed by atoms with E-state index in [9.17, 15) is 18.0 Å². The highest BCUT2D eigenvalue weighted by molar-refractivity contribution is 7.90. The number of benzene rings is 1. The number of carbonyl (C=O) groups is 2. The van der Waals surface area contributed by atoms with Crippen LogP contribution in [0.4, 0.5) is 4.79 Å². The van der Waals surface area contributed by atoms with Crippen LogP contribution in [0.3, 0.4) is 0 Å². The third-order valence-corrected chi connectivity index (χ3v) is 6.14. The molecule has 0 saturated carbocycles. The highest BCUT2D eigenvalue weighted by Gasteiger charge is 2.22. The number of rotatable bonds is 11. The molecular formula is C20H25N3O6S2. The molecule has 3 amide bonds. The minimum Gasteiger partial charge on any atom is -0.490 e. The fraction of sp³-hybridized carbons (Fsp3) is 0.300. The third-order valence-electron chi connectivity index (χ3n) is 3.95. The van der Waals surface area contributed by atoms with Crippen molar-refractivity contribution in [2.45, 2.75) is 11.3 Å². The number of hydrogen-bond acceptors (Lipinski definition) is 7. The van der Waals surface area contributed by atoms with Crippen LogP contribution in [0.5, 0.6) is 5.75 Å². The van der Waals surface area contributed by atoms with Gasteiger partial charge in [0.05, 0.1) is 6.61 Å². The molecule has 0 radical (unpaired) electrons. The molecule has 11 heteroatoms. The van der Waals surface area contributed by atoms with E-state index in [0.29, 0.717) is 18.5 Å². The van der Waals surface area contributed by atoms with Crippen molar-refractivity contribution in [3.05, 3.63) is 52.2 Å². The highest BCUT2D eigenvalue weighted by Crippen LogP contribution is 2.25. The molecule has 0 fully saturated rings. The number of carbonyl (C=O) groups excluding carboxylic acids is 2. The molecule has 1 aromatic carbocycles. The minimum absolute atomic E-state index is 0.0973. The van der Waals surface area contributed by atoms with Crippen molar-refractivity contribution in [2.24, 2.45) is 0 Å². The number of methoxy groups -OCH3 is 1. The molecule has 0 aliphatic heterocycles. The third kappa shape index (κ3) is 8.04. The van der Waals surface area contributed by atoms with E-state index in [-0.39, 0.29) is 29.8 Å². The summed E-state index contributed by atoms with van der Waals surface area (Å²) in [7, 11) is -1.35. The monoisotopic (exact) mass is 467 g/mol. The Morgan fingerprint density at radius 2 is 2.00 bits per heavy atom. The first kappa shape index (κ1) is 24.4. The first-order valence-electron chi connectivity index (χ1n) is 9.34. The van der Waals surface area contributed by atoms with E-state index in [1.165, 1.54) is 43.7 Å². The number of amides is 3. The summed E-state index contributed by atoms with van der Waals surface area (Å²) < 4.78 is 37.6. The van der Waals surface area contributed by atoms with Crippen LogP contribution in [0.1, 0.15) is 10.4 Å². The highest BCUT2D eigenvalue weighted by atomic mass is 32.2. The number of ether oxygens (including phenoxy) is 2. The van der Waals surface area contributed by atoms with Crippen LogP contribution >= 0.6 is 11.3 Å². The Kier molecular flexibility index (Phi) is 9.50. The maximum absolute atomic E-state index is 12.6. The second kappa shape index (κ2) is 12.1. The number of thiophene rings is 1. The first-order valence-corrected chi connectivity index (χ1v) is 11.7. The summed E-state index contributed by atoms with van der Waals surface area (Å²) >= 11 is 1.53.